The van der Waals surface area contributed by atoms with Gasteiger partial charge in [0.25, 0.3) is 6.02 Å². The Morgan fingerprint density at radius 2 is 2.07 bits per heavy atom. The highest BCUT2D eigenvalue weighted by Crippen LogP contribution is 2.65. The van der Waals surface area contributed by atoms with E-state index in [1.807, 2.05) is 12.1 Å². The third-order valence-electron chi connectivity index (χ3n) is 5.89. The monoisotopic (exact) mass is 401 g/mol. The van der Waals surface area contributed by atoms with Crippen LogP contribution in [0.5, 0.6) is 5.75 Å². The largest absolute Gasteiger partial charge is 0.493 e. The zero-order chi connectivity index (χ0) is 19.5. The fourth-order valence-corrected chi connectivity index (χ4v) is 4.34. The van der Waals surface area contributed by atoms with E-state index in [1.165, 1.54) is 6.20 Å². The van der Waals surface area contributed by atoms with E-state index in [9.17, 15) is 9.18 Å². The van der Waals surface area contributed by atoms with Gasteiger partial charge in [-0.25, -0.2) is 14.4 Å². The number of hydrogen-bond acceptors (Lipinski definition) is 6. The SMILES string of the molecule is NC1=NC2(CO1)c1cc(CC(=O)c3ncc(Cl)cc3F)ccc1OCC21CC1. The van der Waals surface area contributed by atoms with Crippen molar-refractivity contribution >= 4 is 23.4 Å². The first kappa shape index (κ1) is 17.4. The van der Waals surface area contributed by atoms with Crippen LogP contribution in [-0.2, 0) is 16.7 Å². The normalized spacial score (nSPS) is 23.7. The molecule has 1 fully saturated rings. The fourth-order valence-electron chi connectivity index (χ4n) is 4.20. The van der Waals surface area contributed by atoms with Crippen LogP contribution in [0, 0.1) is 11.2 Å². The summed E-state index contributed by atoms with van der Waals surface area (Å²) in [5.74, 6) is -0.438. The topological polar surface area (TPSA) is 86.8 Å². The van der Waals surface area contributed by atoms with E-state index in [2.05, 4.69) is 9.98 Å². The van der Waals surface area contributed by atoms with E-state index >= 15 is 0 Å². The lowest BCUT2D eigenvalue weighted by Gasteiger charge is -2.39. The number of Topliss-reactive ketones (excluding diaryl/α,β-unsaturated/α-hetero) is 1. The molecular formula is C20H17ClFN3O3. The summed E-state index contributed by atoms with van der Waals surface area (Å²) in [6, 6.07) is 6.78. The number of carbonyl (C=O) groups is 1. The number of halogens is 2. The average Bonchev–Trinajstić information content (AvgIpc) is 3.34. The molecular weight excluding hydrogens is 385 g/mol. The molecule has 2 spiro atoms. The number of carbonyl (C=O) groups excluding carboxylic acids is 1. The number of nitrogens with two attached hydrogens (primary N) is 1. The number of ketones is 1. The van der Waals surface area contributed by atoms with Crippen molar-refractivity contribution in [2.24, 2.45) is 16.1 Å². The van der Waals surface area contributed by atoms with E-state index in [0.29, 0.717) is 19.0 Å². The molecule has 0 amide bonds. The van der Waals surface area contributed by atoms with Gasteiger partial charge in [0.05, 0.1) is 11.6 Å². The molecule has 3 aliphatic rings. The van der Waals surface area contributed by atoms with Gasteiger partial charge in [0.2, 0.25) is 0 Å². The molecule has 2 aromatic rings. The van der Waals surface area contributed by atoms with E-state index < -0.39 is 17.1 Å². The fraction of sp³-hybridized carbons (Fsp3) is 0.350. The van der Waals surface area contributed by atoms with Crippen LogP contribution in [0.25, 0.3) is 0 Å². The molecule has 1 aromatic heterocycles. The molecule has 28 heavy (non-hydrogen) atoms. The van der Waals surface area contributed by atoms with Gasteiger partial charge in [0, 0.05) is 23.6 Å². The first-order valence-corrected chi connectivity index (χ1v) is 9.39. The van der Waals surface area contributed by atoms with E-state index in [0.717, 1.165) is 30.0 Å². The number of amidine groups is 1. The molecule has 0 bridgehead atoms. The maximum atomic E-state index is 14.0. The van der Waals surface area contributed by atoms with Crippen molar-refractivity contribution in [1.29, 1.82) is 0 Å². The molecule has 1 atom stereocenters. The predicted octanol–water partition coefficient (Wildman–Crippen LogP) is 3.01. The van der Waals surface area contributed by atoms with Crippen molar-refractivity contribution in [3.63, 3.8) is 0 Å². The lowest BCUT2D eigenvalue weighted by Crippen LogP contribution is -2.44. The highest BCUT2D eigenvalue weighted by molar-refractivity contribution is 6.30. The lowest BCUT2D eigenvalue weighted by molar-refractivity contribution is 0.0869. The van der Waals surface area contributed by atoms with Crippen LogP contribution in [0.4, 0.5) is 4.39 Å². The number of ether oxygens (including phenoxy) is 2. The van der Waals surface area contributed by atoms with Crippen molar-refractivity contribution in [2.75, 3.05) is 13.2 Å². The zero-order valence-electron chi connectivity index (χ0n) is 14.9. The summed E-state index contributed by atoms with van der Waals surface area (Å²) >= 11 is 5.71. The molecule has 2 N–H and O–H groups in total. The smallest absolute Gasteiger partial charge is 0.283 e. The standard InChI is InChI=1S/C20H17ClFN3O3/c21-12-7-14(22)17(24-8-12)15(26)6-11-1-2-16-13(5-11)20(10-28-18(23)25-20)19(3-4-19)9-27-16/h1-2,5,7-8H,3-4,6,9-10H2,(H2,23,25). The Morgan fingerprint density at radius 1 is 1.25 bits per heavy atom. The Kier molecular flexibility index (Phi) is 3.68. The molecule has 1 aromatic carbocycles. The Balaban J connectivity index is 1.51. The molecule has 2 aliphatic heterocycles. The maximum absolute atomic E-state index is 14.0. The Morgan fingerprint density at radius 3 is 2.75 bits per heavy atom. The molecule has 1 saturated carbocycles. The van der Waals surface area contributed by atoms with Gasteiger partial charge in [-0.15, -0.1) is 0 Å². The number of aliphatic imine (C=N–C) groups is 1. The quantitative estimate of drug-likeness (QED) is 0.799. The number of nitrogens with zero attached hydrogens (tertiary/aromatic N) is 2. The average molecular weight is 402 g/mol. The van der Waals surface area contributed by atoms with Gasteiger partial charge in [-0.3, -0.25) is 4.79 Å². The number of pyridine rings is 1. The number of hydrogen-bond donors (Lipinski definition) is 1. The molecule has 1 unspecified atom stereocenters. The van der Waals surface area contributed by atoms with Gasteiger partial charge in [0.15, 0.2) is 11.6 Å². The summed E-state index contributed by atoms with van der Waals surface area (Å²) in [4.78, 5) is 21.1. The third-order valence-corrected chi connectivity index (χ3v) is 6.10. The highest BCUT2D eigenvalue weighted by atomic mass is 35.5. The Bertz CT molecular complexity index is 1040. The van der Waals surface area contributed by atoms with Gasteiger partial charge in [-0.1, -0.05) is 17.7 Å². The van der Waals surface area contributed by atoms with Crippen LogP contribution in [0.2, 0.25) is 5.02 Å². The van der Waals surface area contributed by atoms with Crippen LogP contribution in [0.3, 0.4) is 0 Å². The maximum Gasteiger partial charge on any atom is 0.283 e. The minimum atomic E-state index is -0.728. The van der Waals surface area contributed by atoms with E-state index in [-0.39, 0.29) is 28.6 Å². The molecule has 144 valence electrons. The summed E-state index contributed by atoms with van der Waals surface area (Å²) in [6.07, 6.45) is 3.23. The number of fused-ring (bicyclic) bond motifs is 3. The van der Waals surface area contributed by atoms with Crippen molar-refractivity contribution in [3.8, 4) is 5.75 Å². The molecule has 3 heterocycles. The first-order chi connectivity index (χ1) is 13.4. The first-order valence-electron chi connectivity index (χ1n) is 9.01. The summed E-state index contributed by atoms with van der Waals surface area (Å²) in [5, 5.41) is 0.147. The molecule has 0 radical (unpaired) electrons. The molecule has 1 aliphatic carbocycles. The van der Waals surface area contributed by atoms with Crippen molar-refractivity contribution in [2.45, 2.75) is 24.8 Å². The van der Waals surface area contributed by atoms with Crippen LogP contribution in [0.15, 0.2) is 35.5 Å². The Labute approximate surface area is 165 Å². The summed E-state index contributed by atoms with van der Waals surface area (Å²) < 4.78 is 25.5. The third kappa shape index (κ3) is 2.49. The predicted molar refractivity (Wildman–Crippen MR) is 100 cm³/mol. The van der Waals surface area contributed by atoms with Crippen LogP contribution in [0.1, 0.15) is 34.5 Å². The summed E-state index contributed by atoms with van der Waals surface area (Å²) in [6.45, 7) is 0.929. The van der Waals surface area contributed by atoms with E-state index in [4.69, 9.17) is 26.8 Å². The van der Waals surface area contributed by atoms with Gasteiger partial charge in [0.1, 0.15) is 23.6 Å². The number of rotatable bonds is 3. The number of aromatic nitrogens is 1. The highest BCUT2D eigenvalue weighted by Gasteiger charge is 2.66. The molecule has 0 saturated heterocycles. The van der Waals surface area contributed by atoms with Crippen LogP contribution in [-0.4, -0.2) is 30.0 Å². The zero-order valence-corrected chi connectivity index (χ0v) is 15.6. The summed E-state index contributed by atoms with van der Waals surface area (Å²) in [7, 11) is 0. The summed E-state index contributed by atoms with van der Waals surface area (Å²) in [5.41, 5.74) is 6.50. The lowest BCUT2D eigenvalue weighted by atomic mass is 9.74. The molecule has 6 nitrogen and oxygen atoms in total. The van der Waals surface area contributed by atoms with E-state index in [1.54, 1.807) is 6.07 Å². The second-order valence-corrected chi connectivity index (χ2v) is 8.02. The minimum absolute atomic E-state index is 0.00195. The van der Waals surface area contributed by atoms with Gasteiger partial charge >= 0.3 is 0 Å². The van der Waals surface area contributed by atoms with Gasteiger partial charge < -0.3 is 15.2 Å². The van der Waals surface area contributed by atoms with Crippen molar-refractivity contribution in [3.05, 3.63) is 58.1 Å². The molecule has 8 heteroatoms. The van der Waals surface area contributed by atoms with Crippen LogP contribution >= 0.6 is 11.6 Å². The number of benzene rings is 1. The minimum Gasteiger partial charge on any atom is -0.493 e. The van der Waals surface area contributed by atoms with Gasteiger partial charge in [-0.05, 0) is 36.6 Å². The van der Waals surface area contributed by atoms with Crippen LogP contribution < -0.4 is 10.5 Å². The second-order valence-electron chi connectivity index (χ2n) is 7.58. The van der Waals surface area contributed by atoms with Crippen molar-refractivity contribution in [1.82, 2.24) is 4.98 Å². The van der Waals surface area contributed by atoms with Gasteiger partial charge in [-0.2, -0.15) is 0 Å². The molecule has 5 rings (SSSR count). The second kappa shape index (κ2) is 5.91. The van der Waals surface area contributed by atoms with Crippen molar-refractivity contribution < 1.29 is 18.7 Å². The Hall–Kier alpha value is -2.67.